The van der Waals surface area contributed by atoms with Crippen LogP contribution < -0.4 is 4.74 Å². The Labute approximate surface area is 121 Å². The van der Waals surface area contributed by atoms with Crippen LogP contribution >= 0.6 is 15.9 Å². The highest BCUT2D eigenvalue weighted by atomic mass is 79.9. The molecule has 0 saturated carbocycles. The Hall–Kier alpha value is -2.46. The zero-order valence-corrected chi connectivity index (χ0v) is 11.4. The van der Waals surface area contributed by atoms with Crippen molar-refractivity contribution in [2.45, 2.75) is 0 Å². The summed E-state index contributed by atoms with van der Waals surface area (Å²) in [5.41, 5.74) is -0.0589. The number of hydrogen-bond acceptors (Lipinski definition) is 4. The standard InChI is InChI=1S/C13H6BrFN2O3/c14-11-6-10(3-1-8(11)7-16)20-13-4-2-9(15)5-12(13)17(18)19/h1-6H. The molecule has 0 aliphatic rings. The van der Waals surface area contributed by atoms with Gasteiger partial charge in [-0.05, 0) is 46.3 Å². The minimum absolute atomic E-state index is 0.0759. The van der Waals surface area contributed by atoms with Crippen LogP contribution in [0.3, 0.4) is 0 Å². The van der Waals surface area contributed by atoms with Gasteiger partial charge in [0.05, 0.1) is 16.6 Å². The van der Waals surface area contributed by atoms with Crippen molar-refractivity contribution in [2.75, 3.05) is 0 Å². The molecule has 2 rings (SSSR count). The number of nitriles is 1. The lowest BCUT2D eigenvalue weighted by Crippen LogP contribution is -1.94. The number of hydrogen-bond donors (Lipinski definition) is 0. The van der Waals surface area contributed by atoms with Crippen molar-refractivity contribution >= 4 is 21.6 Å². The van der Waals surface area contributed by atoms with Crippen LogP contribution in [-0.2, 0) is 0 Å². The molecule has 0 unspecified atom stereocenters. The van der Waals surface area contributed by atoms with E-state index in [4.69, 9.17) is 10.00 Å². The SMILES string of the molecule is N#Cc1ccc(Oc2ccc(F)cc2[N+](=O)[O-])cc1Br. The summed E-state index contributed by atoms with van der Waals surface area (Å²) in [5.74, 6) is -0.497. The van der Waals surface area contributed by atoms with Gasteiger partial charge in [-0.1, -0.05) is 0 Å². The molecule has 5 nitrogen and oxygen atoms in total. The quantitative estimate of drug-likeness (QED) is 0.622. The van der Waals surface area contributed by atoms with Crippen LogP contribution in [0.2, 0.25) is 0 Å². The van der Waals surface area contributed by atoms with Crippen LogP contribution in [0.15, 0.2) is 40.9 Å². The van der Waals surface area contributed by atoms with Gasteiger partial charge in [0, 0.05) is 4.47 Å². The molecule has 0 radical (unpaired) electrons. The molecule has 0 aromatic heterocycles. The molecule has 0 atom stereocenters. The maximum absolute atomic E-state index is 13.0. The van der Waals surface area contributed by atoms with Crippen LogP contribution in [0.4, 0.5) is 10.1 Å². The van der Waals surface area contributed by atoms with Gasteiger partial charge >= 0.3 is 5.69 Å². The summed E-state index contributed by atoms with van der Waals surface area (Å²) in [7, 11) is 0. The van der Waals surface area contributed by atoms with E-state index in [1.807, 2.05) is 6.07 Å². The predicted octanol–water partition coefficient (Wildman–Crippen LogP) is 4.16. The smallest absolute Gasteiger partial charge is 0.314 e. The molecule has 20 heavy (non-hydrogen) atoms. The normalized spacial score (nSPS) is 9.85. The van der Waals surface area contributed by atoms with E-state index in [0.717, 1.165) is 12.1 Å². The predicted molar refractivity (Wildman–Crippen MR) is 72.0 cm³/mol. The molecule has 0 fully saturated rings. The van der Waals surface area contributed by atoms with E-state index in [-0.39, 0.29) is 5.75 Å². The number of nitrogens with zero attached hydrogens (tertiary/aromatic N) is 2. The Morgan fingerprint density at radius 2 is 2.05 bits per heavy atom. The summed E-state index contributed by atoms with van der Waals surface area (Å²) < 4.78 is 18.9. The van der Waals surface area contributed by atoms with Gasteiger partial charge in [-0.3, -0.25) is 10.1 Å². The number of nitro groups is 1. The Morgan fingerprint density at radius 3 is 2.65 bits per heavy atom. The maximum Gasteiger partial charge on any atom is 0.314 e. The van der Waals surface area contributed by atoms with Crippen LogP contribution in [0.5, 0.6) is 11.5 Å². The van der Waals surface area contributed by atoms with Gasteiger partial charge in [0.2, 0.25) is 5.75 Å². The molecule has 0 aliphatic heterocycles. The summed E-state index contributed by atoms with van der Waals surface area (Å²) in [6.45, 7) is 0. The van der Waals surface area contributed by atoms with Crippen molar-refractivity contribution in [3.8, 4) is 17.6 Å². The molecule has 0 spiro atoms. The largest absolute Gasteiger partial charge is 0.450 e. The third-order valence-electron chi connectivity index (χ3n) is 2.41. The molecule has 2 aromatic rings. The number of rotatable bonds is 3. The summed E-state index contributed by atoms with van der Waals surface area (Å²) in [5, 5.41) is 19.6. The molecule has 0 heterocycles. The van der Waals surface area contributed by atoms with Gasteiger partial charge in [-0.15, -0.1) is 0 Å². The molecular weight excluding hydrogens is 331 g/mol. The Morgan fingerprint density at radius 1 is 1.30 bits per heavy atom. The first-order valence-electron chi connectivity index (χ1n) is 5.32. The van der Waals surface area contributed by atoms with Crippen molar-refractivity contribution in [1.82, 2.24) is 0 Å². The van der Waals surface area contributed by atoms with Gasteiger partial charge in [0.15, 0.2) is 0 Å². The fourth-order valence-corrected chi connectivity index (χ4v) is 1.94. The van der Waals surface area contributed by atoms with Crippen molar-refractivity contribution in [3.05, 3.63) is 62.4 Å². The lowest BCUT2D eigenvalue weighted by molar-refractivity contribution is -0.385. The summed E-state index contributed by atoms with van der Waals surface area (Å²) in [4.78, 5) is 10.1. The van der Waals surface area contributed by atoms with E-state index in [1.165, 1.54) is 24.3 Å². The molecule has 2 aromatic carbocycles. The van der Waals surface area contributed by atoms with Crippen molar-refractivity contribution in [2.24, 2.45) is 0 Å². The van der Waals surface area contributed by atoms with Crippen molar-refractivity contribution in [1.29, 1.82) is 5.26 Å². The monoisotopic (exact) mass is 336 g/mol. The first-order valence-corrected chi connectivity index (χ1v) is 6.12. The zero-order chi connectivity index (χ0) is 14.7. The van der Waals surface area contributed by atoms with Crippen molar-refractivity contribution < 1.29 is 14.1 Å². The topological polar surface area (TPSA) is 76.2 Å². The summed E-state index contributed by atoms with van der Waals surface area (Å²) in [6, 6.07) is 9.51. The highest BCUT2D eigenvalue weighted by Gasteiger charge is 2.17. The molecule has 0 aliphatic carbocycles. The Kier molecular flexibility index (Phi) is 3.96. The van der Waals surface area contributed by atoms with Crippen LogP contribution in [0, 0.1) is 27.3 Å². The maximum atomic E-state index is 13.0. The number of nitro benzene ring substituents is 1. The second-order valence-electron chi connectivity index (χ2n) is 3.72. The van der Waals surface area contributed by atoms with E-state index in [2.05, 4.69) is 15.9 Å². The van der Waals surface area contributed by atoms with Gasteiger partial charge in [-0.25, -0.2) is 4.39 Å². The van der Waals surface area contributed by atoms with E-state index in [0.29, 0.717) is 15.8 Å². The van der Waals surface area contributed by atoms with E-state index >= 15 is 0 Å². The third kappa shape index (κ3) is 2.92. The fourth-order valence-electron chi connectivity index (χ4n) is 1.50. The Bertz CT molecular complexity index is 728. The number of halogens is 2. The average Bonchev–Trinajstić information content (AvgIpc) is 2.41. The average molecular weight is 337 g/mol. The van der Waals surface area contributed by atoms with E-state index in [1.54, 1.807) is 0 Å². The van der Waals surface area contributed by atoms with E-state index < -0.39 is 16.4 Å². The van der Waals surface area contributed by atoms with Crippen LogP contribution in [0.1, 0.15) is 5.56 Å². The molecule has 7 heteroatoms. The number of ether oxygens (including phenoxy) is 1. The third-order valence-corrected chi connectivity index (χ3v) is 3.06. The molecule has 0 N–H and O–H groups in total. The summed E-state index contributed by atoms with van der Waals surface area (Å²) >= 11 is 3.18. The molecule has 0 bridgehead atoms. The lowest BCUT2D eigenvalue weighted by Gasteiger charge is -2.07. The fraction of sp³-hybridized carbons (Fsp3) is 0. The molecular formula is C13H6BrFN2O3. The van der Waals surface area contributed by atoms with Crippen LogP contribution in [-0.4, -0.2) is 4.92 Å². The highest BCUT2D eigenvalue weighted by molar-refractivity contribution is 9.10. The summed E-state index contributed by atoms with van der Waals surface area (Å²) in [6.07, 6.45) is 0. The first kappa shape index (κ1) is 14.0. The minimum atomic E-state index is -0.725. The van der Waals surface area contributed by atoms with Crippen molar-refractivity contribution in [3.63, 3.8) is 0 Å². The molecule has 100 valence electrons. The highest BCUT2D eigenvalue weighted by Crippen LogP contribution is 2.33. The van der Waals surface area contributed by atoms with Gasteiger partial charge in [0.25, 0.3) is 0 Å². The second-order valence-corrected chi connectivity index (χ2v) is 4.58. The Balaban J connectivity index is 2.38. The molecule has 0 amide bonds. The second kappa shape index (κ2) is 5.67. The van der Waals surface area contributed by atoms with Crippen LogP contribution in [0.25, 0.3) is 0 Å². The first-order chi connectivity index (χ1) is 9.51. The number of benzene rings is 2. The lowest BCUT2D eigenvalue weighted by atomic mass is 10.2. The van der Waals surface area contributed by atoms with Gasteiger partial charge in [0.1, 0.15) is 17.6 Å². The zero-order valence-electron chi connectivity index (χ0n) is 9.84. The molecule has 0 saturated heterocycles. The van der Waals surface area contributed by atoms with Gasteiger partial charge in [-0.2, -0.15) is 5.26 Å². The van der Waals surface area contributed by atoms with Gasteiger partial charge < -0.3 is 4.74 Å². The van der Waals surface area contributed by atoms with E-state index in [9.17, 15) is 14.5 Å². The minimum Gasteiger partial charge on any atom is -0.450 e.